The molecule has 2 rings (SSSR count). The Kier molecular flexibility index (Phi) is 6.11. The fourth-order valence-corrected chi connectivity index (χ4v) is 3.87. The van der Waals surface area contributed by atoms with E-state index in [1.807, 2.05) is 0 Å². The Hall–Kier alpha value is -0.120. The fourth-order valence-electron chi connectivity index (χ4n) is 3.87. The lowest BCUT2D eigenvalue weighted by Gasteiger charge is -2.41. The van der Waals surface area contributed by atoms with Gasteiger partial charge in [-0.2, -0.15) is 0 Å². The fraction of sp³-hybridized carbons (Fsp3) is 1.00. The van der Waals surface area contributed by atoms with Gasteiger partial charge in [-0.05, 0) is 37.5 Å². The summed E-state index contributed by atoms with van der Waals surface area (Å²) >= 11 is 0. The largest absolute Gasteiger partial charge is 0.378 e. The van der Waals surface area contributed by atoms with Gasteiger partial charge in [-0.15, -0.1) is 0 Å². The van der Waals surface area contributed by atoms with Crippen LogP contribution in [0.3, 0.4) is 0 Å². The van der Waals surface area contributed by atoms with Gasteiger partial charge in [0.05, 0.1) is 13.2 Å². The molecule has 1 saturated heterocycles. The molecule has 4 atom stereocenters. The van der Waals surface area contributed by atoms with Gasteiger partial charge in [-0.3, -0.25) is 4.90 Å². The lowest BCUT2D eigenvalue weighted by Crippen LogP contribution is -2.50. The molecule has 2 N–H and O–H groups in total. The Morgan fingerprint density at radius 3 is 2.84 bits per heavy atom. The van der Waals surface area contributed by atoms with E-state index in [9.17, 15) is 0 Å². The molecule has 0 aromatic carbocycles. The molecule has 0 aromatic rings. The Labute approximate surface area is 118 Å². The Morgan fingerprint density at radius 1 is 1.26 bits per heavy atom. The van der Waals surface area contributed by atoms with Crippen LogP contribution in [0, 0.1) is 11.8 Å². The molecule has 112 valence electrons. The van der Waals surface area contributed by atoms with Crippen molar-refractivity contribution >= 4 is 0 Å². The van der Waals surface area contributed by atoms with Gasteiger partial charge in [0.1, 0.15) is 0 Å². The highest BCUT2D eigenvalue weighted by Gasteiger charge is 2.31. The van der Waals surface area contributed by atoms with Crippen LogP contribution in [0.25, 0.3) is 0 Å². The smallest absolute Gasteiger partial charge is 0.0622 e. The molecule has 2 fully saturated rings. The van der Waals surface area contributed by atoms with Crippen molar-refractivity contribution in [3.8, 4) is 0 Å². The summed E-state index contributed by atoms with van der Waals surface area (Å²) in [5.74, 6) is 1.63. The van der Waals surface area contributed by atoms with Gasteiger partial charge in [0.15, 0.2) is 0 Å². The predicted octanol–water partition coefficient (Wildman–Crippen LogP) is 2.64. The predicted molar refractivity (Wildman–Crippen MR) is 80.2 cm³/mol. The molecule has 0 amide bonds. The highest BCUT2D eigenvalue weighted by Crippen LogP contribution is 2.32. The summed E-state index contributed by atoms with van der Waals surface area (Å²) in [6, 6.07) is 1.04. The zero-order chi connectivity index (χ0) is 13.7. The molecule has 3 nitrogen and oxygen atoms in total. The van der Waals surface area contributed by atoms with Crippen LogP contribution in [0.5, 0.6) is 0 Å². The highest BCUT2D eigenvalue weighted by molar-refractivity contribution is 4.86. The van der Waals surface area contributed by atoms with Crippen molar-refractivity contribution in [1.29, 1.82) is 0 Å². The maximum absolute atomic E-state index is 6.38. The van der Waals surface area contributed by atoms with E-state index in [1.54, 1.807) is 0 Å². The van der Waals surface area contributed by atoms with Crippen molar-refractivity contribution in [3.05, 3.63) is 0 Å². The van der Waals surface area contributed by atoms with Crippen LogP contribution in [0.1, 0.15) is 52.4 Å². The molecule has 1 aliphatic heterocycles. The van der Waals surface area contributed by atoms with Crippen molar-refractivity contribution in [1.82, 2.24) is 4.90 Å². The summed E-state index contributed by atoms with van der Waals surface area (Å²) in [6.45, 7) is 8.68. The first kappa shape index (κ1) is 15.3. The van der Waals surface area contributed by atoms with Crippen LogP contribution >= 0.6 is 0 Å². The average molecular weight is 268 g/mol. The Bertz CT molecular complexity index is 259. The highest BCUT2D eigenvalue weighted by atomic mass is 16.5. The topological polar surface area (TPSA) is 38.5 Å². The van der Waals surface area contributed by atoms with Crippen molar-refractivity contribution < 1.29 is 4.74 Å². The molecule has 0 aromatic heterocycles. The number of rotatable bonds is 5. The van der Waals surface area contributed by atoms with Crippen molar-refractivity contribution in [3.63, 3.8) is 0 Å². The Balaban J connectivity index is 1.87. The Morgan fingerprint density at radius 2 is 2.11 bits per heavy atom. The van der Waals surface area contributed by atoms with E-state index in [4.69, 9.17) is 10.5 Å². The van der Waals surface area contributed by atoms with Gasteiger partial charge in [-0.1, -0.05) is 26.7 Å². The number of nitrogens with two attached hydrogens (primary N) is 1. The third kappa shape index (κ3) is 4.17. The van der Waals surface area contributed by atoms with E-state index in [0.29, 0.717) is 18.0 Å². The molecular weight excluding hydrogens is 236 g/mol. The standard InChI is InChI=1S/C16H32N2O/c1-3-5-13-6-7-16(17)14(10-13)11-18-8-9-19-12-15(18)4-2/h13-16H,3-12,17H2,1-2H3. The van der Waals surface area contributed by atoms with Crippen LogP contribution in [0.4, 0.5) is 0 Å². The summed E-state index contributed by atoms with van der Waals surface area (Å²) in [6.07, 6.45) is 7.84. The van der Waals surface area contributed by atoms with Gasteiger partial charge in [0.2, 0.25) is 0 Å². The zero-order valence-electron chi connectivity index (χ0n) is 12.8. The average Bonchev–Trinajstić information content (AvgIpc) is 2.43. The maximum atomic E-state index is 6.38. The molecule has 0 radical (unpaired) electrons. The summed E-state index contributed by atoms with van der Waals surface area (Å²) in [4.78, 5) is 2.64. The minimum atomic E-state index is 0.424. The van der Waals surface area contributed by atoms with E-state index in [2.05, 4.69) is 18.7 Å². The van der Waals surface area contributed by atoms with Gasteiger partial charge < -0.3 is 10.5 Å². The summed E-state index contributed by atoms with van der Waals surface area (Å²) in [5.41, 5.74) is 6.38. The SMILES string of the molecule is CCCC1CCC(N)C(CN2CCOCC2CC)C1. The molecule has 0 spiro atoms. The molecule has 1 aliphatic carbocycles. The summed E-state index contributed by atoms with van der Waals surface area (Å²) in [5, 5.41) is 0. The molecule has 2 aliphatic rings. The number of nitrogens with zero attached hydrogens (tertiary/aromatic N) is 1. The number of morpholine rings is 1. The van der Waals surface area contributed by atoms with E-state index in [0.717, 1.165) is 25.7 Å². The van der Waals surface area contributed by atoms with Crippen LogP contribution in [0.2, 0.25) is 0 Å². The first-order chi connectivity index (χ1) is 9.24. The van der Waals surface area contributed by atoms with Crippen LogP contribution < -0.4 is 5.73 Å². The number of ether oxygens (including phenoxy) is 1. The zero-order valence-corrected chi connectivity index (χ0v) is 12.8. The minimum Gasteiger partial charge on any atom is -0.378 e. The number of hydrogen-bond donors (Lipinski definition) is 1. The first-order valence-electron chi connectivity index (χ1n) is 8.31. The lowest BCUT2D eigenvalue weighted by atomic mass is 9.76. The number of hydrogen-bond acceptors (Lipinski definition) is 3. The van der Waals surface area contributed by atoms with E-state index < -0.39 is 0 Å². The normalized spacial score (nSPS) is 37.4. The van der Waals surface area contributed by atoms with Crippen LogP contribution in [-0.4, -0.2) is 43.3 Å². The summed E-state index contributed by atoms with van der Waals surface area (Å²) < 4.78 is 5.61. The summed E-state index contributed by atoms with van der Waals surface area (Å²) in [7, 11) is 0. The molecular formula is C16H32N2O. The van der Waals surface area contributed by atoms with Crippen molar-refractivity contribution in [2.45, 2.75) is 64.5 Å². The van der Waals surface area contributed by atoms with Crippen molar-refractivity contribution in [2.75, 3.05) is 26.3 Å². The molecule has 3 heteroatoms. The van der Waals surface area contributed by atoms with Gasteiger partial charge in [-0.25, -0.2) is 0 Å². The monoisotopic (exact) mass is 268 g/mol. The first-order valence-corrected chi connectivity index (χ1v) is 8.31. The van der Waals surface area contributed by atoms with Gasteiger partial charge >= 0.3 is 0 Å². The minimum absolute atomic E-state index is 0.424. The molecule has 1 heterocycles. The third-order valence-corrected chi connectivity index (χ3v) is 5.14. The second-order valence-electron chi connectivity index (χ2n) is 6.52. The van der Waals surface area contributed by atoms with E-state index in [1.165, 1.54) is 45.1 Å². The molecule has 1 saturated carbocycles. The molecule has 0 bridgehead atoms. The maximum Gasteiger partial charge on any atom is 0.0622 e. The van der Waals surface area contributed by atoms with Crippen LogP contribution in [0.15, 0.2) is 0 Å². The molecule has 4 unspecified atom stereocenters. The second-order valence-corrected chi connectivity index (χ2v) is 6.52. The molecule has 19 heavy (non-hydrogen) atoms. The lowest BCUT2D eigenvalue weighted by molar-refractivity contribution is -0.0211. The van der Waals surface area contributed by atoms with Crippen LogP contribution in [-0.2, 0) is 4.74 Å². The van der Waals surface area contributed by atoms with Gasteiger partial charge in [0, 0.05) is 25.2 Å². The second kappa shape index (κ2) is 7.61. The van der Waals surface area contributed by atoms with E-state index >= 15 is 0 Å². The quantitative estimate of drug-likeness (QED) is 0.833. The van der Waals surface area contributed by atoms with E-state index in [-0.39, 0.29) is 0 Å². The van der Waals surface area contributed by atoms with Gasteiger partial charge in [0.25, 0.3) is 0 Å². The third-order valence-electron chi connectivity index (χ3n) is 5.14. The van der Waals surface area contributed by atoms with Crippen molar-refractivity contribution in [2.24, 2.45) is 17.6 Å².